The zero-order valence-corrected chi connectivity index (χ0v) is 15.4. The third kappa shape index (κ3) is 4.45. The van der Waals surface area contributed by atoms with Gasteiger partial charge in [0.15, 0.2) is 0 Å². The van der Waals surface area contributed by atoms with Crippen LogP contribution in [0.25, 0.3) is 10.9 Å². The number of nitrogens with zero attached hydrogens (tertiary/aromatic N) is 1. The van der Waals surface area contributed by atoms with Gasteiger partial charge in [0.05, 0.1) is 0 Å². The molecule has 0 aliphatic carbocycles. The van der Waals surface area contributed by atoms with Crippen LogP contribution in [-0.2, 0) is 17.8 Å². The fourth-order valence-corrected chi connectivity index (χ4v) is 3.28. The molecular formula is C22H26N2O2. The van der Waals surface area contributed by atoms with Crippen LogP contribution in [0.1, 0.15) is 37.8 Å². The molecule has 1 aromatic heterocycles. The molecule has 0 bridgehead atoms. The van der Waals surface area contributed by atoms with Crippen LogP contribution in [-0.4, -0.2) is 21.6 Å². The van der Waals surface area contributed by atoms with Crippen molar-refractivity contribution in [2.75, 3.05) is 0 Å². The number of carbonyl (C=O) groups is 1. The molecule has 0 aliphatic heterocycles. The Labute approximate surface area is 154 Å². The van der Waals surface area contributed by atoms with Gasteiger partial charge in [-0.05, 0) is 56.0 Å². The fraction of sp³-hybridized carbons (Fsp3) is 0.318. The molecule has 0 unspecified atom stereocenters. The first-order chi connectivity index (χ1) is 12.5. The third-order valence-electron chi connectivity index (χ3n) is 4.46. The molecule has 0 radical (unpaired) electrons. The standard InChI is InChI=1S/C22H26N2O2/c1-16(2)23-22(26)9-5-6-18-15-24(21-8-4-3-7-20(18)21)14-17-10-12-19(25)13-11-17/h3-4,7-8,10-13,15-16,25H,5-6,9,14H2,1-2H3,(H,23,26). The second-order valence-corrected chi connectivity index (χ2v) is 7.04. The predicted octanol–water partition coefficient (Wildman–Crippen LogP) is 4.24. The van der Waals surface area contributed by atoms with E-state index in [2.05, 4.69) is 40.3 Å². The van der Waals surface area contributed by atoms with Crippen molar-refractivity contribution < 1.29 is 9.90 Å². The summed E-state index contributed by atoms with van der Waals surface area (Å²) in [6.07, 6.45) is 4.47. The number of nitrogens with one attached hydrogen (secondary N) is 1. The van der Waals surface area contributed by atoms with E-state index in [-0.39, 0.29) is 17.7 Å². The summed E-state index contributed by atoms with van der Waals surface area (Å²) in [4.78, 5) is 11.8. The molecule has 3 aromatic rings. The average Bonchev–Trinajstić information content (AvgIpc) is 2.94. The lowest BCUT2D eigenvalue weighted by molar-refractivity contribution is -0.121. The summed E-state index contributed by atoms with van der Waals surface area (Å²) in [7, 11) is 0. The van der Waals surface area contributed by atoms with E-state index in [1.165, 1.54) is 16.5 Å². The summed E-state index contributed by atoms with van der Waals surface area (Å²) in [5.74, 6) is 0.402. The minimum Gasteiger partial charge on any atom is -0.508 e. The molecule has 0 saturated carbocycles. The average molecular weight is 350 g/mol. The number of hydrogen-bond acceptors (Lipinski definition) is 2. The molecular weight excluding hydrogens is 324 g/mol. The van der Waals surface area contributed by atoms with Gasteiger partial charge in [0, 0.05) is 36.1 Å². The van der Waals surface area contributed by atoms with Crippen molar-refractivity contribution in [1.29, 1.82) is 0 Å². The van der Waals surface area contributed by atoms with E-state index in [1.54, 1.807) is 12.1 Å². The minimum absolute atomic E-state index is 0.118. The zero-order valence-electron chi connectivity index (χ0n) is 15.4. The predicted molar refractivity (Wildman–Crippen MR) is 105 cm³/mol. The second-order valence-electron chi connectivity index (χ2n) is 7.04. The Morgan fingerprint density at radius 2 is 1.85 bits per heavy atom. The molecule has 2 aromatic carbocycles. The Morgan fingerprint density at radius 3 is 2.58 bits per heavy atom. The molecule has 26 heavy (non-hydrogen) atoms. The number of phenols is 1. The maximum atomic E-state index is 11.8. The number of aryl methyl sites for hydroxylation is 1. The van der Waals surface area contributed by atoms with Crippen LogP contribution in [0.3, 0.4) is 0 Å². The van der Waals surface area contributed by atoms with Gasteiger partial charge in [-0.25, -0.2) is 0 Å². The lowest BCUT2D eigenvalue weighted by atomic mass is 10.1. The number of para-hydroxylation sites is 1. The van der Waals surface area contributed by atoms with E-state index in [9.17, 15) is 9.90 Å². The maximum Gasteiger partial charge on any atom is 0.220 e. The summed E-state index contributed by atoms with van der Waals surface area (Å²) in [6.45, 7) is 4.72. The van der Waals surface area contributed by atoms with Crippen molar-refractivity contribution in [3.63, 3.8) is 0 Å². The van der Waals surface area contributed by atoms with E-state index in [1.807, 2.05) is 26.0 Å². The fourth-order valence-electron chi connectivity index (χ4n) is 3.28. The van der Waals surface area contributed by atoms with Crippen molar-refractivity contribution >= 4 is 16.8 Å². The summed E-state index contributed by atoms with van der Waals surface area (Å²) in [6, 6.07) is 15.9. The van der Waals surface area contributed by atoms with Gasteiger partial charge in [0.2, 0.25) is 5.91 Å². The largest absolute Gasteiger partial charge is 0.508 e. The van der Waals surface area contributed by atoms with Crippen molar-refractivity contribution in [1.82, 2.24) is 9.88 Å². The van der Waals surface area contributed by atoms with Crippen LogP contribution in [0.5, 0.6) is 5.75 Å². The van der Waals surface area contributed by atoms with Gasteiger partial charge in [-0.15, -0.1) is 0 Å². The number of benzene rings is 2. The molecule has 0 fully saturated rings. The van der Waals surface area contributed by atoms with Crippen LogP contribution >= 0.6 is 0 Å². The number of fused-ring (bicyclic) bond motifs is 1. The van der Waals surface area contributed by atoms with E-state index in [4.69, 9.17) is 0 Å². The molecule has 0 aliphatic rings. The molecule has 3 rings (SSSR count). The topological polar surface area (TPSA) is 54.3 Å². The number of phenolic OH excluding ortho intramolecular Hbond substituents is 1. The van der Waals surface area contributed by atoms with E-state index < -0.39 is 0 Å². The van der Waals surface area contributed by atoms with Gasteiger partial charge in [-0.2, -0.15) is 0 Å². The van der Waals surface area contributed by atoms with Crippen LogP contribution in [0.2, 0.25) is 0 Å². The first kappa shape index (κ1) is 18.1. The molecule has 1 heterocycles. The van der Waals surface area contributed by atoms with Crippen LogP contribution in [0, 0.1) is 0 Å². The third-order valence-corrected chi connectivity index (χ3v) is 4.46. The van der Waals surface area contributed by atoms with Gasteiger partial charge in [-0.3, -0.25) is 4.79 Å². The van der Waals surface area contributed by atoms with Crippen LogP contribution < -0.4 is 5.32 Å². The maximum absolute atomic E-state index is 11.8. The molecule has 0 saturated heterocycles. The minimum atomic E-state index is 0.118. The molecule has 4 nitrogen and oxygen atoms in total. The quantitative estimate of drug-likeness (QED) is 0.669. The molecule has 136 valence electrons. The Morgan fingerprint density at radius 1 is 1.12 bits per heavy atom. The summed E-state index contributed by atoms with van der Waals surface area (Å²) < 4.78 is 2.24. The Hall–Kier alpha value is -2.75. The van der Waals surface area contributed by atoms with Crippen molar-refractivity contribution in [3.05, 3.63) is 65.9 Å². The highest BCUT2D eigenvalue weighted by molar-refractivity contribution is 5.84. The molecule has 1 amide bonds. The monoisotopic (exact) mass is 350 g/mol. The SMILES string of the molecule is CC(C)NC(=O)CCCc1cn(Cc2ccc(O)cc2)c2ccccc12. The van der Waals surface area contributed by atoms with E-state index in [0.29, 0.717) is 6.42 Å². The molecule has 4 heteroatoms. The van der Waals surface area contributed by atoms with Gasteiger partial charge in [0.25, 0.3) is 0 Å². The Kier molecular flexibility index (Phi) is 5.61. The number of aromatic hydroxyl groups is 1. The summed E-state index contributed by atoms with van der Waals surface area (Å²) in [5, 5.41) is 13.6. The number of hydrogen-bond donors (Lipinski definition) is 2. The first-order valence-electron chi connectivity index (χ1n) is 9.17. The highest BCUT2D eigenvalue weighted by atomic mass is 16.3. The highest BCUT2D eigenvalue weighted by Crippen LogP contribution is 2.24. The van der Waals surface area contributed by atoms with Gasteiger partial charge in [0.1, 0.15) is 5.75 Å². The second kappa shape index (κ2) is 8.09. The van der Waals surface area contributed by atoms with Crippen LogP contribution in [0.15, 0.2) is 54.7 Å². The Balaban J connectivity index is 1.74. The Bertz CT molecular complexity index is 879. The molecule has 2 N–H and O–H groups in total. The number of amides is 1. The van der Waals surface area contributed by atoms with E-state index in [0.717, 1.165) is 24.9 Å². The van der Waals surface area contributed by atoms with Crippen molar-refractivity contribution in [3.8, 4) is 5.75 Å². The highest BCUT2D eigenvalue weighted by Gasteiger charge is 2.10. The smallest absolute Gasteiger partial charge is 0.220 e. The molecule has 0 spiro atoms. The lowest BCUT2D eigenvalue weighted by Gasteiger charge is -2.07. The summed E-state index contributed by atoms with van der Waals surface area (Å²) in [5.41, 5.74) is 3.62. The number of carbonyl (C=O) groups excluding carboxylic acids is 1. The first-order valence-corrected chi connectivity index (χ1v) is 9.17. The van der Waals surface area contributed by atoms with Crippen molar-refractivity contribution in [2.45, 2.75) is 45.7 Å². The van der Waals surface area contributed by atoms with Gasteiger partial charge >= 0.3 is 0 Å². The number of rotatable bonds is 7. The van der Waals surface area contributed by atoms with Crippen molar-refractivity contribution in [2.24, 2.45) is 0 Å². The zero-order chi connectivity index (χ0) is 18.5. The van der Waals surface area contributed by atoms with Crippen LogP contribution in [0.4, 0.5) is 0 Å². The van der Waals surface area contributed by atoms with Gasteiger partial charge in [-0.1, -0.05) is 30.3 Å². The van der Waals surface area contributed by atoms with E-state index >= 15 is 0 Å². The molecule has 0 atom stereocenters. The summed E-state index contributed by atoms with van der Waals surface area (Å²) >= 11 is 0. The normalized spacial score (nSPS) is 11.2. The van der Waals surface area contributed by atoms with Gasteiger partial charge < -0.3 is 15.0 Å². The number of aromatic nitrogens is 1. The lowest BCUT2D eigenvalue weighted by Crippen LogP contribution is -2.29.